The van der Waals surface area contributed by atoms with Crippen molar-refractivity contribution in [2.45, 2.75) is 130 Å². The molecule has 2 heterocycles. The van der Waals surface area contributed by atoms with Crippen LogP contribution in [0.25, 0.3) is 0 Å². The van der Waals surface area contributed by atoms with Crippen LogP contribution in [0.15, 0.2) is 41.9 Å². The SMILES string of the molecule is CCC.CCC(C)C(C(CC)OC)N(C)C(=O)CNC(=O)C(NC)C(C)C.COC(C(C)C(=O)NC(Cc1ccccc1)c1nccs1)C1CCCN1C=O. The quantitative estimate of drug-likeness (QED) is 0.142. The molecule has 1 fully saturated rings. The highest BCUT2D eigenvalue weighted by atomic mass is 32.1. The fourth-order valence-corrected chi connectivity index (χ4v) is 7.71. The number of rotatable bonds is 20. The smallest absolute Gasteiger partial charge is 0.242 e. The first-order valence-corrected chi connectivity index (χ1v) is 20.9. The Morgan fingerprint density at radius 3 is 2.16 bits per heavy atom. The summed E-state index contributed by atoms with van der Waals surface area (Å²) in [5.74, 6) is -0.223. The summed E-state index contributed by atoms with van der Waals surface area (Å²) in [5.41, 5.74) is 1.14. The molecule has 12 nitrogen and oxygen atoms in total. The summed E-state index contributed by atoms with van der Waals surface area (Å²) in [6, 6.07) is 9.52. The van der Waals surface area contributed by atoms with E-state index in [-0.39, 0.29) is 72.5 Å². The van der Waals surface area contributed by atoms with E-state index in [4.69, 9.17) is 9.47 Å². The summed E-state index contributed by atoms with van der Waals surface area (Å²) in [5, 5.41) is 11.7. The van der Waals surface area contributed by atoms with E-state index in [1.165, 1.54) is 17.8 Å². The van der Waals surface area contributed by atoms with E-state index in [1.54, 1.807) is 44.3 Å². The van der Waals surface area contributed by atoms with Crippen molar-refractivity contribution in [1.29, 1.82) is 0 Å². The lowest BCUT2D eigenvalue weighted by Gasteiger charge is -2.37. The summed E-state index contributed by atoms with van der Waals surface area (Å²) in [4.78, 5) is 57.0. The Morgan fingerprint density at radius 1 is 1.02 bits per heavy atom. The van der Waals surface area contributed by atoms with E-state index in [2.05, 4.69) is 67.7 Å². The molecule has 3 N–H and O–H groups in total. The van der Waals surface area contributed by atoms with E-state index in [9.17, 15) is 19.2 Å². The van der Waals surface area contributed by atoms with E-state index >= 15 is 0 Å². The van der Waals surface area contributed by atoms with Gasteiger partial charge in [0, 0.05) is 39.4 Å². The van der Waals surface area contributed by atoms with Crippen molar-refractivity contribution in [3.05, 3.63) is 52.5 Å². The van der Waals surface area contributed by atoms with Gasteiger partial charge in [0.05, 0.1) is 48.8 Å². The predicted molar refractivity (Wildman–Crippen MR) is 223 cm³/mol. The number of hydrogen-bond acceptors (Lipinski definition) is 9. The normalized spacial score (nSPS) is 17.5. The number of nitrogens with one attached hydrogen (secondary N) is 3. The number of thiazole rings is 1. The number of benzene rings is 1. The fraction of sp³-hybridized carbons (Fsp3) is 0.690. The molecule has 1 aliphatic rings. The van der Waals surface area contributed by atoms with Crippen molar-refractivity contribution in [1.82, 2.24) is 30.7 Å². The molecule has 0 saturated carbocycles. The van der Waals surface area contributed by atoms with Crippen molar-refractivity contribution < 1.29 is 28.7 Å². The highest BCUT2D eigenvalue weighted by molar-refractivity contribution is 7.09. The molecule has 3 rings (SSSR count). The van der Waals surface area contributed by atoms with Crippen molar-refractivity contribution in [2.24, 2.45) is 17.8 Å². The van der Waals surface area contributed by atoms with Crippen molar-refractivity contribution >= 4 is 35.5 Å². The highest BCUT2D eigenvalue weighted by Gasteiger charge is 2.38. The van der Waals surface area contributed by atoms with Crippen LogP contribution in [0.1, 0.15) is 104 Å². The van der Waals surface area contributed by atoms with Crippen LogP contribution in [0.5, 0.6) is 0 Å². The molecule has 0 bridgehead atoms. The number of aromatic nitrogens is 1. The zero-order chi connectivity index (χ0) is 41.5. The van der Waals surface area contributed by atoms with Crippen molar-refractivity contribution in [3.63, 3.8) is 0 Å². The first kappa shape index (κ1) is 49.6. The Hall–Kier alpha value is -3.39. The standard InChI is InChI=1S/C21H27N3O3S.C18H37N3O3.C3H8/c1-15(19(27-2)18-9-6-11-24(18)14-25)20(26)23-17(21-22-10-12-28-21)13-16-7-4-3-5-8-16;1-9-13(5)17(14(10-2)24-8)21(7)15(22)11-20-18(23)16(19-6)12(3)4;1-3-2/h3-5,7-8,10,12,14-15,17-19H,6,9,11,13H2,1-2H3,(H,23,26);12-14,16-17,19H,9-11H2,1-8H3,(H,20,23);3H2,1-2H3. The van der Waals surface area contributed by atoms with Gasteiger partial charge in [0.2, 0.25) is 24.1 Å². The molecule has 0 spiro atoms. The van der Waals surface area contributed by atoms with Crippen LogP contribution < -0.4 is 16.0 Å². The number of amides is 4. The number of ether oxygens (including phenoxy) is 2. The van der Waals surface area contributed by atoms with Crippen LogP contribution in [0, 0.1) is 17.8 Å². The van der Waals surface area contributed by atoms with Gasteiger partial charge in [0.1, 0.15) is 5.01 Å². The van der Waals surface area contributed by atoms with Gasteiger partial charge >= 0.3 is 0 Å². The maximum absolute atomic E-state index is 13.1. The zero-order valence-electron chi connectivity index (χ0n) is 35.7. The highest BCUT2D eigenvalue weighted by Crippen LogP contribution is 2.27. The van der Waals surface area contributed by atoms with Gasteiger partial charge in [0.25, 0.3) is 0 Å². The Balaban J connectivity index is 0.000000520. The lowest BCUT2D eigenvalue weighted by Crippen LogP contribution is -2.53. The van der Waals surface area contributed by atoms with Crippen molar-refractivity contribution in [2.75, 3.05) is 41.4 Å². The van der Waals surface area contributed by atoms with Gasteiger partial charge in [-0.15, -0.1) is 11.3 Å². The van der Waals surface area contributed by atoms with Crippen LogP contribution in [-0.2, 0) is 35.1 Å². The van der Waals surface area contributed by atoms with Gasteiger partial charge in [-0.2, -0.15) is 0 Å². The largest absolute Gasteiger partial charge is 0.379 e. The molecule has 312 valence electrons. The van der Waals surface area contributed by atoms with Crippen molar-refractivity contribution in [3.8, 4) is 0 Å². The topological polar surface area (TPSA) is 142 Å². The number of carbonyl (C=O) groups is 4. The maximum atomic E-state index is 13.1. The number of likely N-dealkylation sites (N-methyl/N-ethyl adjacent to an activating group) is 2. The van der Waals surface area contributed by atoms with E-state index in [0.29, 0.717) is 12.3 Å². The van der Waals surface area contributed by atoms with Crippen LogP contribution in [0.2, 0.25) is 0 Å². The summed E-state index contributed by atoms with van der Waals surface area (Å²) in [7, 11) is 6.84. The molecular weight excluding hydrogens is 717 g/mol. The van der Waals surface area contributed by atoms with Crippen LogP contribution in [-0.4, -0.2) is 111 Å². The lowest BCUT2D eigenvalue weighted by atomic mass is 9.91. The average molecular weight is 789 g/mol. The Labute approximate surface area is 335 Å². The van der Waals surface area contributed by atoms with Gasteiger partial charge in [-0.1, -0.05) is 98.6 Å². The number of methoxy groups -OCH3 is 2. The fourth-order valence-electron chi connectivity index (χ4n) is 7.02. The second-order valence-corrected chi connectivity index (χ2v) is 15.6. The van der Waals surface area contributed by atoms with E-state index in [1.807, 2.05) is 44.4 Å². The molecule has 13 heteroatoms. The van der Waals surface area contributed by atoms with E-state index < -0.39 is 0 Å². The van der Waals surface area contributed by atoms with Crippen LogP contribution in [0.3, 0.4) is 0 Å². The molecule has 2 aromatic rings. The Kier molecular flexibility index (Phi) is 24.6. The van der Waals surface area contributed by atoms with Gasteiger partial charge in [0.15, 0.2) is 0 Å². The number of hydrogen-bond donors (Lipinski definition) is 3. The van der Waals surface area contributed by atoms with Gasteiger partial charge < -0.3 is 35.2 Å². The molecular formula is C42H72N6O6S. The molecule has 1 aromatic heterocycles. The lowest BCUT2D eigenvalue weighted by molar-refractivity contribution is -0.138. The summed E-state index contributed by atoms with van der Waals surface area (Å²) >= 11 is 1.54. The zero-order valence-corrected chi connectivity index (χ0v) is 36.5. The van der Waals surface area contributed by atoms with E-state index in [0.717, 1.165) is 49.2 Å². The summed E-state index contributed by atoms with van der Waals surface area (Å²) in [6.07, 6.45) is 7.80. The molecule has 0 radical (unpaired) electrons. The molecule has 1 saturated heterocycles. The summed E-state index contributed by atoms with van der Waals surface area (Å²) in [6.45, 7) is 17.1. The minimum Gasteiger partial charge on any atom is -0.379 e. The first-order valence-electron chi connectivity index (χ1n) is 20.0. The van der Waals surface area contributed by atoms with Gasteiger partial charge in [-0.05, 0) is 50.1 Å². The van der Waals surface area contributed by atoms with Gasteiger partial charge in [-0.3, -0.25) is 19.2 Å². The monoisotopic (exact) mass is 789 g/mol. The number of nitrogens with zero attached hydrogens (tertiary/aromatic N) is 3. The Bertz CT molecular complexity index is 1350. The average Bonchev–Trinajstić information content (AvgIpc) is 3.90. The number of likely N-dealkylation sites (tertiary alicyclic amines) is 1. The summed E-state index contributed by atoms with van der Waals surface area (Å²) < 4.78 is 11.2. The van der Waals surface area contributed by atoms with Gasteiger partial charge in [-0.25, -0.2) is 4.98 Å². The third-order valence-corrected chi connectivity index (χ3v) is 11.1. The second-order valence-electron chi connectivity index (χ2n) is 14.7. The second kappa shape index (κ2) is 27.2. The minimum atomic E-state index is -0.381. The molecule has 1 aliphatic heterocycles. The molecule has 1 aromatic carbocycles. The van der Waals surface area contributed by atoms with Crippen LogP contribution >= 0.6 is 11.3 Å². The predicted octanol–water partition coefficient (Wildman–Crippen LogP) is 5.88. The Morgan fingerprint density at radius 2 is 1.67 bits per heavy atom. The maximum Gasteiger partial charge on any atom is 0.242 e. The molecule has 8 atom stereocenters. The molecule has 8 unspecified atom stereocenters. The molecule has 55 heavy (non-hydrogen) atoms. The third kappa shape index (κ3) is 15.9. The van der Waals surface area contributed by atoms with Crippen LogP contribution in [0.4, 0.5) is 0 Å². The third-order valence-electron chi connectivity index (χ3n) is 10.2. The first-order chi connectivity index (χ1) is 26.3. The minimum absolute atomic E-state index is 0.000372. The number of carbonyl (C=O) groups excluding carboxylic acids is 4. The molecule has 4 amide bonds. The molecule has 0 aliphatic carbocycles.